The molecule has 1 fully saturated rings. The largest absolute Gasteiger partial charge is 0.481 e. The third-order valence-electron chi connectivity index (χ3n) is 5.92. The zero-order chi connectivity index (χ0) is 27.8. The van der Waals surface area contributed by atoms with Crippen LogP contribution >= 0.6 is 23.5 Å². The third kappa shape index (κ3) is 6.26. The Morgan fingerprint density at radius 2 is 2.00 bits per heavy atom. The topological polar surface area (TPSA) is 164 Å². The van der Waals surface area contributed by atoms with Gasteiger partial charge in [0, 0.05) is 24.8 Å². The summed E-state index contributed by atoms with van der Waals surface area (Å²) in [6, 6.07) is 6.67. The van der Waals surface area contributed by atoms with Gasteiger partial charge in [-0.15, -0.1) is 0 Å². The summed E-state index contributed by atoms with van der Waals surface area (Å²) in [6.45, 7) is 2.34. The average molecular weight is 612 g/mol. The number of aromatic nitrogens is 3. The Morgan fingerprint density at radius 1 is 1.26 bits per heavy atom. The second kappa shape index (κ2) is 10.9. The number of anilines is 1. The van der Waals surface area contributed by atoms with Crippen molar-refractivity contribution in [3.8, 4) is 5.75 Å². The van der Waals surface area contributed by atoms with E-state index in [1.807, 2.05) is 0 Å². The highest BCUT2D eigenvalue weighted by molar-refractivity contribution is 9.10. The van der Waals surface area contributed by atoms with Gasteiger partial charge in [0.05, 0.1) is 12.1 Å². The number of Topliss-reactive ketones (excluding diaryl/α,β-unsaturated/α-hetero) is 1. The predicted molar refractivity (Wildman–Crippen MR) is 138 cm³/mol. The van der Waals surface area contributed by atoms with Crippen LogP contribution < -0.4 is 10.1 Å². The minimum atomic E-state index is -4.44. The van der Waals surface area contributed by atoms with Gasteiger partial charge in [-0.2, -0.15) is 5.10 Å². The summed E-state index contributed by atoms with van der Waals surface area (Å²) in [5.41, 5.74) is 1.05. The summed E-state index contributed by atoms with van der Waals surface area (Å²) < 4.78 is 32.5. The quantitative estimate of drug-likeness (QED) is 0.197. The molecule has 3 heterocycles. The van der Waals surface area contributed by atoms with Crippen LogP contribution in [-0.2, 0) is 20.7 Å². The van der Waals surface area contributed by atoms with Crippen molar-refractivity contribution in [3.63, 3.8) is 0 Å². The number of hydrogen-bond donors (Lipinski definition) is 3. The van der Waals surface area contributed by atoms with Crippen molar-refractivity contribution in [2.75, 3.05) is 18.2 Å². The first-order valence-electron chi connectivity index (χ1n) is 11.4. The van der Waals surface area contributed by atoms with Crippen LogP contribution in [0.5, 0.6) is 5.75 Å². The maximum atomic E-state index is 14.4. The molecule has 0 saturated carbocycles. The van der Waals surface area contributed by atoms with Crippen molar-refractivity contribution in [2.45, 2.75) is 39.0 Å². The lowest BCUT2D eigenvalue weighted by Crippen LogP contribution is -2.44. The number of aryl methyl sites for hydroxylation is 1. The van der Waals surface area contributed by atoms with Gasteiger partial charge in [-0.1, -0.05) is 6.07 Å². The van der Waals surface area contributed by atoms with Crippen molar-refractivity contribution in [2.24, 2.45) is 0 Å². The zero-order valence-electron chi connectivity index (χ0n) is 20.3. The average Bonchev–Trinajstić information content (AvgIpc) is 3.40. The minimum absolute atomic E-state index is 0.0737. The van der Waals surface area contributed by atoms with E-state index in [4.69, 9.17) is 14.5 Å². The molecule has 0 bridgehead atoms. The van der Waals surface area contributed by atoms with Crippen molar-refractivity contribution in [1.82, 2.24) is 19.7 Å². The van der Waals surface area contributed by atoms with Gasteiger partial charge in [-0.25, -0.2) is 9.37 Å². The summed E-state index contributed by atoms with van der Waals surface area (Å²) in [5.74, 6) is -1.20. The molecule has 1 saturated heterocycles. The first kappa shape index (κ1) is 27.8. The monoisotopic (exact) mass is 611 g/mol. The number of fused-ring (bicyclic) bond motifs is 1. The van der Waals surface area contributed by atoms with Crippen LogP contribution in [0.2, 0.25) is 0 Å². The van der Waals surface area contributed by atoms with Crippen LogP contribution in [0.1, 0.15) is 29.4 Å². The molecule has 12 nitrogen and oxygen atoms in total. The molecule has 0 spiro atoms. The van der Waals surface area contributed by atoms with E-state index >= 15 is 0 Å². The van der Waals surface area contributed by atoms with Gasteiger partial charge in [-0.3, -0.25) is 23.6 Å². The molecular formula is C23H24BrFN5O7P. The number of carbonyl (C=O) groups excluding carboxylic acids is 3. The molecule has 2 aromatic heterocycles. The van der Waals surface area contributed by atoms with Crippen molar-refractivity contribution < 1.29 is 37.9 Å². The van der Waals surface area contributed by atoms with E-state index in [-0.39, 0.29) is 41.5 Å². The molecule has 4 rings (SSSR count). The van der Waals surface area contributed by atoms with Crippen molar-refractivity contribution >= 4 is 57.8 Å². The van der Waals surface area contributed by atoms with E-state index in [1.165, 1.54) is 29.8 Å². The van der Waals surface area contributed by atoms with Crippen LogP contribution in [0.15, 0.2) is 34.9 Å². The predicted octanol–water partition coefficient (Wildman–Crippen LogP) is 2.80. The number of amides is 2. The molecule has 3 aromatic rings. The van der Waals surface area contributed by atoms with E-state index in [1.54, 1.807) is 19.1 Å². The molecular weight excluding hydrogens is 588 g/mol. The Kier molecular flexibility index (Phi) is 7.98. The van der Waals surface area contributed by atoms with Gasteiger partial charge in [0.1, 0.15) is 40.6 Å². The lowest BCUT2D eigenvalue weighted by molar-refractivity contribution is -0.137. The van der Waals surface area contributed by atoms with Crippen LogP contribution in [-0.4, -0.2) is 72.2 Å². The number of halogens is 2. The first-order valence-corrected chi connectivity index (χ1v) is 14.0. The fraction of sp³-hybridized carbons (Fsp3) is 0.348. The SMILES string of the molecule is CC(=O)c1nn(CC(=O)N2C[C@H](F)C[C@H]2C(=O)Nc2nc(Br)ccc2C)c2cc(OCP(=O)(O)O)ccc12. The number of likely N-dealkylation sites (tertiary alicyclic amines) is 1. The zero-order valence-corrected chi connectivity index (χ0v) is 22.8. The standard InChI is InChI=1S/C23H24BrFN5O7P/c1-12-3-6-19(24)26-22(12)27-23(33)18-7-14(25)9-29(18)20(32)10-30-17-8-15(37-11-38(34,35)36)4-5-16(17)21(28-30)13(2)31/h3-6,8,14,18H,7,9-11H2,1-2H3,(H,26,27,33)(H2,34,35,36)/t14-,18+/m1/s1. The molecule has 1 aliphatic heterocycles. The number of nitrogens with zero attached hydrogens (tertiary/aromatic N) is 4. The van der Waals surface area contributed by atoms with E-state index in [0.717, 1.165) is 4.90 Å². The lowest BCUT2D eigenvalue weighted by Gasteiger charge is -2.24. The van der Waals surface area contributed by atoms with Gasteiger partial charge >= 0.3 is 7.60 Å². The van der Waals surface area contributed by atoms with Crippen LogP contribution in [0, 0.1) is 6.92 Å². The fourth-order valence-corrected chi connectivity index (χ4v) is 4.77. The van der Waals surface area contributed by atoms with Gasteiger partial charge in [-0.05, 0) is 46.6 Å². The fourth-order valence-electron chi connectivity index (χ4n) is 4.14. The Morgan fingerprint density at radius 3 is 2.68 bits per heavy atom. The van der Waals surface area contributed by atoms with E-state index in [0.29, 0.717) is 15.6 Å². The number of pyridine rings is 1. The second-order valence-corrected chi connectivity index (χ2v) is 11.3. The maximum absolute atomic E-state index is 14.4. The Labute approximate surface area is 224 Å². The van der Waals surface area contributed by atoms with E-state index in [2.05, 4.69) is 31.3 Å². The van der Waals surface area contributed by atoms with Crippen molar-refractivity contribution in [3.05, 3.63) is 46.2 Å². The maximum Gasteiger partial charge on any atom is 0.362 e. The molecule has 2 atom stereocenters. The van der Waals surface area contributed by atoms with E-state index in [9.17, 15) is 23.3 Å². The van der Waals surface area contributed by atoms with Crippen molar-refractivity contribution in [1.29, 1.82) is 0 Å². The lowest BCUT2D eigenvalue weighted by atomic mass is 10.1. The normalized spacial score (nSPS) is 17.6. The van der Waals surface area contributed by atoms with E-state index < -0.39 is 44.5 Å². The Balaban J connectivity index is 1.59. The summed E-state index contributed by atoms with van der Waals surface area (Å²) in [4.78, 5) is 62.0. The van der Waals surface area contributed by atoms with Crippen LogP contribution in [0.4, 0.5) is 10.2 Å². The number of benzene rings is 1. The van der Waals surface area contributed by atoms with Gasteiger partial charge in [0.2, 0.25) is 11.8 Å². The first-order chi connectivity index (χ1) is 17.8. The van der Waals surface area contributed by atoms with Gasteiger partial charge in [0.15, 0.2) is 12.1 Å². The number of rotatable bonds is 8. The Bertz CT molecular complexity index is 1480. The number of nitrogens with one attached hydrogen (secondary N) is 1. The molecule has 0 unspecified atom stereocenters. The molecule has 0 radical (unpaired) electrons. The molecule has 3 N–H and O–H groups in total. The number of hydrogen-bond acceptors (Lipinski definition) is 7. The highest BCUT2D eigenvalue weighted by atomic mass is 79.9. The molecule has 1 aliphatic rings. The van der Waals surface area contributed by atoms with Gasteiger partial charge < -0.3 is 24.7 Å². The smallest absolute Gasteiger partial charge is 0.362 e. The molecule has 38 heavy (non-hydrogen) atoms. The molecule has 2 amide bonds. The van der Waals surface area contributed by atoms with Gasteiger partial charge in [0.25, 0.3) is 0 Å². The molecule has 1 aromatic carbocycles. The third-order valence-corrected chi connectivity index (χ3v) is 6.83. The highest BCUT2D eigenvalue weighted by Crippen LogP contribution is 2.35. The number of ether oxygens (including phenoxy) is 1. The minimum Gasteiger partial charge on any atom is -0.481 e. The summed E-state index contributed by atoms with van der Waals surface area (Å²) in [6.07, 6.45) is -2.47. The van der Waals surface area contributed by atoms with Crippen LogP contribution in [0.25, 0.3) is 10.9 Å². The molecule has 202 valence electrons. The number of ketones is 1. The molecule has 15 heteroatoms. The Hall–Kier alpha value is -3.19. The summed E-state index contributed by atoms with van der Waals surface area (Å²) in [5, 5.41) is 7.28. The second-order valence-electron chi connectivity index (χ2n) is 8.86. The number of carbonyl (C=O) groups is 3. The van der Waals surface area contributed by atoms with Crippen LogP contribution in [0.3, 0.4) is 0 Å². The highest BCUT2D eigenvalue weighted by Gasteiger charge is 2.40. The number of alkyl halides is 1. The summed E-state index contributed by atoms with van der Waals surface area (Å²) >= 11 is 3.24. The molecule has 0 aliphatic carbocycles. The summed E-state index contributed by atoms with van der Waals surface area (Å²) in [7, 11) is -4.44.